The van der Waals surface area contributed by atoms with Gasteiger partial charge in [0, 0.05) is 32.1 Å². The molecule has 2 aromatic rings. The Kier molecular flexibility index (Phi) is 5.85. The van der Waals surface area contributed by atoms with Crippen molar-refractivity contribution in [3.63, 3.8) is 0 Å². The summed E-state index contributed by atoms with van der Waals surface area (Å²) in [5.41, 5.74) is 0.564. The normalized spacial score (nSPS) is 16.9. The smallest absolute Gasteiger partial charge is 0.255 e. The van der Waals surface area contributed by atoms with E-state index in [2.05, 4.69) is 10.4 Å². The number of para-hydroxylation sites is 1. The Balaban J connectivity index is 1.48. The second-order valence-electron chi connectivity index (χ2n) is 5.82. The first-order valence-corrected chi connectivity index (χ1v) is 8.42. The van der Waals surface area contributed by atoms with Gasteiger partial charge in [-0.2, -0.15) is 5.10 Å². The van der Waals surface area contributed by atoms with E-state index in [4.69, 9.17) is 9.47 Å². The largest absolute Gasteiger partial charge is 0.490 e. The first-order chi connectivity index (χ1) is 11.8. The topological polar surface area (TPSA) is 65.4 Å². The van der Waals surface area contributed by atoms with Crippen LogP contribution in [0.5, 0.6) is 5.75 Å². The van der Waals surface area contributed by atoms with Crippen LogP contribution in [-0.2, 0) is 11.3 Å². The fourth-order valence-corrected chi connectivity index (χ4v) is 2.71. The monoisotopic (exact) mass is 329 g/mol. The predicted molar refractivity (Wildman–Crippen MR) is 90.1 cm³/mol. The highest BCUT2D eigenvalue weighted by molar-refractivity contribution is 5.96. The zero-order valence-corrected chi connectivity index (χ0v) is 13.7. The summed E-state index contributed by atoms with van der Waals surface area (Å²) in [4.78, 5) is 12.4. The molecule has 1 aromatic heterocycles. The number of benzene rings is 1. The molecule has 1 aliphatic heterocycles. The molecule has 2 heterocycles. The lowest BCUT2D eigenvalue weighted by molar-refractivity contribution is 0.0670. The first kappa shape index (κ1) is 16.5. The molecule has 128 valence electrons. The van der Waals surface area contributed by atoms with E-state index in [-0.39, 0.29) is 12.0 Å². The number of aromatic nitrogens is 2. The quantitative estimate of drug-likeness (QED) is 0.755. The molecule has 6 heteroatoms. The Morgan fingerprint density at radius 2 is 2.29 bits per heavy atom. The van der Waals surface area contributed by atoms with Gasteiger partial charge < -0.3 is 14.8 Å². The lowest BCUT2D eigenvalue weighted by Gasteiger charge is -2.14. The minimum absolute atomic E-state index is 0.113. The number of hydrogen-bond acceptors (Lipinski definition) is 4. The minimum Gasteiger partial charge on any atom is -0.490 e. The third kappa shape index (κ3) is 4.58. The summed E-state index contributed by atoms with van der Waals surface area (Å²) < 4.78 is 13.2. The van der Waals surface area contributed by atoms with Gasteiger partial charge in [0.2, 0.25) is 0 Å². The van der Waals surface area contributed by atoms with E-state index >= 15 is 0 Å². The highest BCUT2D eigenvalue weighted by Crippen LogP contribution is 2.20. The van der Waals surface area contributed by atoms with Gasteiger partial charge in [-0.25, -0.2) is 0 Å². The number of carbonyl (C=O) groups is 1. The van der Waals surface area contributed by atoms with E-state index in [0.717, 1.165) is 32.4 Å². The number of rotatable bonds is 8. The Hall–Kier alpha value is -2.34. The van der Waals surface area contributed by atoms with Gasteiger partial charge >= 0.3 is 0 Å². The van der Waals surface area contributed by atoms with Gasteiger partial charge in [0.1, 0.15) is 12.4 Å². The van der Waals surface area contributed by atoms with Gasteiger partial charge in [-0.05, 0) is 37.5 Å². The van der Waals surface area contributed by atoms with E-state index in [1.165, 1.54) is 0 Å². The summed E-state index contributed by atoms with van der Waals surface area (Å²) in [5.74, 6) is 0.496. The molecule has 6 nitrogen and oxygen atoms in total. The molecule has 1 amide bonds. The fraction of sp³-hybridized carbons (Fsp3) is 0.444. The number of nitrogens with one attached hydrogen (secondary N) is 1. The Morgan fingerprint density at radius 3 is 3.08 bits per heavy atom. The second kappa shape index (κ2) is 8.49. The van der Waals surface area contributed by atoms with Crippen molar-refractivity contribution in [2.45, 2.75) is 31.9 Å². The third-order valence-electron chi connectivity index (χ3n) is 3.99. The molecule has 1 aromatic carbocycles. The molecule has 1 saturated heterocycles. The zero-order chi connectivity index (χ0) is 16.6. The van der Waals surface area contributed by atoms with Gasteiger partial charge in [-0.1, -0.05) is 12.1 Å². The molecule has 24 heavy (non-hydrogen) atoms. The van der Waals surface area contributed by atoms with E-state index in [1.54, 1.807) is 12.3 Å². The van der Waals surface area contributed by atoms with E-state index < -0.39 is 0 Å². The lowest BCUT2D eigenvalue weighted by atomic mass is 10.2. The Labute approximate surface area is 141 Å². The molecule has 0 radical (unpaired) electrons. The molecule has 0 aliphatic carbocycles. The van der Waals surface area contributed by atoms with Gasteiger partial charge in [0.25, 0.3) is 5.91 Å². The van der Waals surface area contributed by atoms with Gasteiger partial charge in [-0.3, -0.25) is 9.48 Å². The summed E-state index contributed by atoms with van der Waals surface area (Å²) >= 11 is 0. The summed E-state index contributed by atoms with van der Waals surface area (Å²) in [7, 11) is 0. The van der Waals surface area contributed by atoms with Crippen molar-refractivity contribution in [2.75, 3.05) is 19.8 Å². The number of nitrogens with zero attached hydrogens (tertiary/aromatic N) is 2. The number of hydrogen-bond donors (Lipinski definition) is 1. The second-order valence-corrected chi connectivity index (χ2v) is 5.82. The van der Waals surface area contributed by atoms with Crippen molar-refractivity contribution >= 4 is 5.91 Å². The molecule has 1 atom stereocenters. The van der Waals surface area contributed by atoms with Crippen molar-refractivity contribution in [1.82, 2.24) is 15.1 Å². The first-order valence-electron chi connectivity index (χ1n) is 8.42. The summed E-state index contributed by atoms with van der Waals surface area (Å²) in [6.45, 7) is 2.67. The van der Waals surface area contributed by atoms with Crippen LogP contribution in [0.3, 0.4) is 0 Å². The van der Waals surface area contributed by atoms with Crippen LogP contribution < -0.4 is 10.1 Å². The highest BCUT2D eigenvalue weighted by atomic mass is 16.5. The molecule has 0 bridgehead atoms. The van der Waals surface area contributed by atoms with Gasteiger partial charge in [0.15, 0.2) is 0 Å². The van der Waals surface area contributed by atoms with Crippen LogP contribution in [0.4, 0.5) is 0 Å². The van der Waals surface area contributed by atoms with Gasteiger partial charge in [-0.15, -0.1) is 0 Å². The molecule has 1 aliphatic rings. The van der Waals surface area contributed by atoms with Crippen LogP contribution >= 0.6 is 0 Å². The maximum atomic E-state index is 12.4. The molecule has 1 N–H and O–H groups in total. The van der Waals surface area contributed by atoms with E-state index in [9.17, 15) is 4.79 Å². The average Bonchev–Trinajstić information content (AvgIpc) is 3.30. The SMILES string of the molecule is O=C(NCCCn1cccn1)c1ccccc1OCC1CCCO1. The van der Waals surface area contributed by atoms with Crippen molar-refractivity contribution in [3.05, 3.63) is 48.3 Å². The van der Waals surface area contributed by atoms with Crippen molar-refractivity contribution in [2.24, 2.45) is 0 Å². The average molecular weight is 329 g/mol. The molecular formula is C18H23N3O3. The van der Waals surface area contributed by atoms with Crippen LogP contribution in [-0.4, -0.2) is 41.6 Å². The van der Waals surface area contributed by atoms with Crippen LogP contribution in [0.15, 0.2) is 42.7 Å². The molecule has 1 fully saturated rings. The number of aryl methyl sites for hydroxylation is 1. The third-order valence-corrected chi connectivity index (χ3v) is 3.99. The van der Waals surface area contributed by atoms with Crippen LogP contribution in [0, 0.1) is 0 Å². The zero-order valence-electron chi connectivity index (χ0n) is 13.7. The van der Waals surface area contributed by atoms with Gasteiger partial charge in [0.05, 0.1) is 11.7 Å². The number of carbonyl (C=O) groups excluding carboxylic acids is 1. The van der Waals surface area contributed by atoms with Crippen molar-refractivity contribution in [1.29, 1.82) is 0 Å². The standard InChI is InChI=1S/C18H23N3O3/c22-18(19-9-4-11-21-12-5-10-20-21)16-7-1-2-8-17(16)24-14-15-6-3-13-23-15/h1-2,5,7-8,10,12,15H,3-4,6,9,11,13-14H2,(H,19,22). The van der Waals surface area contributed by atoms with E-state index in [0.29, 0.717) is 24.5 Å². The van der Waals surface area contributed by atoms with Crippen LogP contribution in [0.25, 0.3) is 0 Å². The molecule has 3 rings (SSSR count). The Morgan fingerprint density at radius 1 is 1.38 bits per heavy atom. The minimum atomic E-state index is -0.113. The predicted octanol–water partition coefficient (Wildman–Crippen LogP) is 2.26. The maximum absolute atomic E-state index is 12.4. The maximum Gasteiger partial charge on any atom is 0.255 e. The highest BCUT2D eigenvalue weighted by Gasteiger charge is 2.18. The number of amides is 1. The van der Waals surface area contributed by atoms with E-state index in [1.807, 2.05) is 35.1 Å². The Bertz CT molecular complexity index is 637. The van der Waals surface area contributed by atoms with Crippen LogP contribution in [0.2, 0.25) is 0 Å². The number of ether oxygens (including phenoxy) is 2. The molecular weight excluding hydrogens is 306 g/mol. The van der Waals surface area contributed by atoms with Crippen LogP contribution in [0.1, 0.15) is 29.6 Å². The summed E-state index contributed by atoms with van der Waals surface area (Å²) in [6.07, 6.45) is 6.71. The lowest BCUT2D eigenvalue weighted by Crippen LogP contribution is -2.26. The summed E-state index contributed by atoms with van der Waals surface area (Å²) in [6, 6.07) is 9.22. The molecule has 0 spiro atoms. The molecule has 1 unspecified atom stereocenters. The fourth-order valence-electron chi connectivity index (χ4n) is 2.71. The molecule has 0 saturated carbocycles. The van der Waals surface area contributed by atoms with Crippen molar-refractivity contribution < 1.29 is 14.3 Å². The summed E-state index contributed by atoms with van der Waals surface area (Å²) in [5, 5.41) is 7.08. The van der Waals surface area contributed by atoms with Crippen molar-refractivity contribution in [3.8, 4) is 5.75 Å².